The molecule has 1 heterocycles. The van der Waals surface area contributed by atoms with Crippen molar-refractivity contribution in [1.82, 2.24) is 4.98 Å². The number of nitrogens with one attached hydrogen (secondary N) is 1. The van der Waals surface area contributed by atoms with Crippen molar-refractivity contribution in [1.29, 1.82) is 5.26 Å². The molecule has 0 saturated heterocycles. The van der Waals surface area contributed by atoms with Crippen molar-refractivity contribution < 1.29 is 0 Å². The lowest BCUT2D eigenvalue weighted by atomic mass is 10.3. The second-order valence-corrected chi connectivity index (χ2v) is 2.47. The van der Waals surface area contributed by atoms with E-state index < -0.39 is 0 Å². The van der Waals surface area contributed by atoms with Gasteiger partial charge in [-0.2, -0.15) is 5.26 Å². The molecular formula is C7H6N4S. The van der Waals surface area contributed by atoms with Gasteiger partial charge in [-0.25, -0.2) is 4.98 Å². The van der Waals surface area contributed by atoms with Gasteiger partial charge in [0.25, 0.3) is 0 Å². The number of nitrogens with zero attached hydrogens (tertiary/aromatic N) is 2. The number of nitrogens with two attached hydrogens (primary N) is 1. The van der Waals surface area contributed by atoms with Crippen LogP contribution in [0.2, 0.25) is 0 Å². The fraction of sp³-hybridized carbons (Fsp3) is 0. The lowest BCUT2D eigenvalue weighted by molar-refractivity contribution is 1.30. The molecule has 0 aliphatic heterocycles. The summed E-state index contributed by atoms with van der Waals surface area (Å²) in [7, 11) is 0. The molecule has 0 spiro atoms. The molecule has 0 saturated carbocycles. The summed E-state index contributed by atoms with van der Waals surface area (Å²) in [6.07, 6.45) is 1.45. The highest BCUT2D eigenvalue weighted by Gasteiger charge is 1.94. The van der Waals surface area contributed by atoms with Gasteiger partial charge in [0, 0.05) is 6.20 Å². The maximum atomic E-state index is 8.45. The molecule has 12 heavy (non-hydrogen) atoms. The number of anilines is 1. The number of hydrogen-bond donors (Lipinski definition) is 2. The summed E-state index contributed by atoms with van der Waals surface area (Å²) in [4.78, 5) is 3.89. The minimum Gasteiger partial charge on any atom is -0.376 e. The Hall–Kier alpha value is -1.67. The summed E-state index contributed by atoms with van der Waals surface area (Å²) in [6.45, 7) is 0. The largest absolute Gasteiger partial charge is 0.376 e. The fourth-order valence-electron chi connectivity index (χ4n) is 0.660. The number of nitriles is 1. The highest BCUT2D eigenvalue weighted by atomic mass is 32.1. The van der Waals surface area contributed by atoms with Crippen LogP contribution in [0.4, 0.5) is 5.82 Å². The van der Waals surface area contributed by atoms with Gasteiger partial charge in [0.2, 0.25) is 0 Å². The maximum Gasteiger partial charge on any atom is 0.169 e. The van der Waals surface area contributed by atoms with Gasteiger partial charge in [-0.05, 0) is 24.4 Å². The molecule has 0 atom stereocenters. The molecule has 1 aromatic heterocycles. The zero-order valence-corrected chi connectivity index (χ0v) is 6.93. The molecule has 0 unspecified atom stereocenters. The smallest absolute Gasteiger partial charge is 0.169 e. The zero-order valence-electron chi connectivity index (χ0n) is 6.11. The Morgan fingerprint density at radius 3 is 2.83 bits per heavy atom. The lowest BCUT2D eigenvalue weighted by Gasteiger charge is -2.00. The lowest BCUT2D eigenvalue weighted by Crippen LogP contribution is -2.19. The summed E-state index contributed by atoms with van der Waals surface area (Å²) in [5.74, 6) is 0.543. The number of rotatable bonds is 1. The third kappa shape index (κ3) is 2.18. The standard InChI is InChI=1S/C7H6N4S/c8-3-5-1-2-6(10-4-5)11-7(9)12/h1-2,4H,(H3,9,10,11,12). The van der Waals surface area contributed by atoms with Crippen molar-refractivity contribution in [2.24, 2.45) is 5.73 Å². The Labute approximate surface area is 75.0 Å². The first-order valence-electron chi connectivity index (χ1n) is 3.15. The van der Waals surface area contributed by atoms with E-state index in [4.69, 9.17) is 11.0 Å². The van der Waals surface area contributed by atoms with Gasteiger partial charge in [-0.1, -0.05) is 0 Å². The monoisotopic (exact) mass is 178 g/mol. The molecular weight excluding hydrogens is 172 g/mol. The predicted octanol–water partition coefficient (Wildman–Crippen LogP) is 0.609. The summed E-state index contributed by atoms with van der Waals surface area (Å²) < 4.78 is 0. The molecule has 0 aliphatic carbocycles. The van der Waals surface area contributed by atoms with E-state index in [1.165, 1.54) is 6.20 Å². The molecule has 1 rings (SSSR count). The average molecular weight is 178 g/mol. The number of hydrogen-bond acceptors (Lipinski definition) is 3. The van der Waals surface area contributed by atoms with Crippen molar-refractivity contribution in [2.45, 2.75) is 0 Å². The van der Waals surface area contributed by atoms with E-state index in [2.05, 4.69) is 22.5 Å². The number of aromatic nitrogens is 1. The SMILES string of the molecule is N#Cc1ccc(NC(N)=S)nc1. The van der Waals surface area contributed by atoms with E-state index in [-0.39, 0.29) is 5.11 Å². The maximum absolute atomic E-state index is 8.45. The second kappa shape index (κ2) is 3.64. The molecule has 5 heteroatoms. The quantitative estimate of drug-likeness (QED) is 0.616. The van der Waals surface area contributed by atoms with E-state index in [9.17, 15) is 0 Å². The van der Waals surface area contributed by atoms with Crippen LogP contribution in [-0.4, -0.2) is 10.1 Å². The summed E-state index contributed by atoms with van der Waals surface area (Å²) >= 11 is 4.60. The fourth-order valence-corrected chi connectivity index (χ4v) is 0.765. The third-order valence-electron chi connectivity index (χ3n) is 1.14. The van der Waals surface area contributed by atoms with Gasteiger partial charge < -0.3 is 11.1 Å². The van der Waals surface area contributed by atoms with Crippen LogP contribution in [-0.2, 0) is 0 Å². The number of thiocarbonyl (C=S) groups is 1. The molecule has 0 fully saturated rings. The average Bonchev–Trinajstić information content (AvgIpc) is 2.05. The molecule has 3 N–H and O–H groups in total. The molecule has 1 aromatic rings. The number of pyridine rings is 1. The van der Waals surface area contributed by atoms with Gasteiger partial charge in [-0.15, -0.1) is 0 Å². The summed E-state index contributed by atoms with van der Waals surface area (Å²) in [6, 6.07) is 5.22. The van der Waals surface area contributed by atoms with Crippen molar-refractivity contribution in [3.63, 3.8) is 0 Å². The van der Waals surface area contributed by atoms with Gasteiger partial charge in [0.15, 0.2) is 5.11 Å². The van der Waals surface area contributed by atoms with Crippen LogP contribution >= 0.6 is 12.2 Å². The van der Waals surface area contributed by atoms with Crippen molar-refractivity contribution >= 4 is 23.1 Å². The van der Waals surface area contributed by atoms with E-state index in [0.717, 1.165) is 0 Å². The predicted molar refractivity (Wildman–Crippen MR) is 49.4 cm³/mol. The Morgan fingerprint density at radius 1 is 1.67 bits per heavy atom. The van der Waals surface area contributed by atoms with E-state index >= 15 is 0 Å². The van der Waals surface area contributed by atoms with Crippen molar-refractivity contribution in [3.05, 3.63) is 23.9 Å². The molecule has 0 amide bonds. The highest BCUT2D eigenvalue weighted by molar-refractivity contribution is 7.80. The van der Waals surface area contributed by atoms with Crippen LogP contribution in [0.15, 0.2) is 18.3 Å². The highest BCUT2D eigenvalue weighted by Crippen LogP contribution is 2.02. The van der Waals surface area contributed by atoms with Crippen LogP contribution in [0.3, 0.4) is 0 Å². The summed E-state index contributed by atoms with van der Waals surface area (Å²) in [5.41, 5.74) is 5.71. The minimum absolute atomic E-state index is 0.159. The minimum atomic E-state index is 0.159. The van der Waals surface area contributed by atoms with Crippen LogP contribution < -0.4 is 11.1 Å². The Balaban J connectivity index is 2.80. The molecule has 0 radical (unpaired) electrons. The third-order valence-corrected chi connectivity index (χ3v) is 1.25. The van der Waals surface area contributed by atoms with Crippen molar-refractivity contribution in [2.75, 3.05) is 5.32 Å². The second-order valence-electron chi connectivity index (χ2n) is 2.03. The molecule has 60 valence electrons. The molecule has 4 nitrogen and oxygen atoms in total. The Bertz CT molecular complexity index is 324. The molecule has 0 aliphatic rings. The van der Waals surface area contributed by atoms with Gasteiger partial charge in [0.1, 0.15) is 11.9 Å². The van der Waals surface area contributed by atoms with Crippen molar-refractivity contribution in [3.8, 4) is 6.07 Å². The summed E-state index contributed by atoms with van der Waals surface area (Å²) in [5, 5.41) is 11.3. The van der Waals surface area contributed by atoms with Crippen LogP contribution in [0, 0.1) is 11.3 Å². The molecule has 0 bridgehead atoms. The van der Waals surface area contributed by atoms with E-state index in [1.807, 2.05) is 6.07 Å². The first-order valence-corrected chi connectivity index (χ1v) is 3.56. The van der Waals surface area contributed by atoms with E-state index in [1.54, 1.807) is 12.1 Å². The Morgan fingerprint density at radius 2 is 2.42 bits per heavy atom. The first kappa shape index (κ1) is 8.43. The van der Waals surface area contributed by atoms with E-state index in [0.29, 0.717) is 11.4 Å². The van der Waals surface area contributed by atoms with Crippen LogP contribution in [0.5, 0.6) is 0 Å². The topological polar surface area (TPSA) is 74.7 Å². The normalized spacial score (nSPS) is 8.58. The van der Waals surface area contributed by atoms with Gasteiger partial charge in [0.05, 0.1) is 5.56 Å². The Kier molecular flexibility index (Phi) is 2.56. The van der Waals surface area contributed by atoms with Gasteiger partial charge in [-0.3, -0.25) is 0 Å². The van der Waals surface area contributed by atoms with Crippen LogP contribution in [0.25, 0.3) is 0 Å². The van der Waals surface area contributed by atoms with Crippen LogP contribution in [0.1, 0.15) is 5.56 Å². The zero-order chi connectivity index (χ0) is 8.97. The first-order chi connectivity index (χ1) is 5.72. The van der Waals surface area contributed by atoms with Gasteiger partial charge >= 0.3 is 0 Å². The molecule has 0 aromatic carbocycles.